The molecule has 0 aliphatic rings. The number of oxime groups is 1. The fourth-order valence-corrected chi connectivity index (χ4v) is 2.03. The summed E-state index contributed by atoms with van der Waals surface area (Å²) < 4.78 is 0. The lowest BCUT2D eigenvalue weighted by molar-refractivity contribution is 0.318. The Balaban J connectivity index is 2.01. The zero-order chi connectivity index (χ0) is 14.4. The molecule has 0 amide bonds. The summed E-state index contributed by atoms with van der Waals surface area (Å²) in [5.41, 5.74) is 8.66. The third kappa shape index (κ3) is 3.59. The van der Waals surface area contributed by atoms with Gasteiger partial charge in [0.25, 0.3) is 0 Å². The van der Waals surface area contributed by atoms with E-state index in [4.69, 9.17) is 10.9 Å². The molecule has 0 spiro atoms. The van der Waals surface area contributed by atoms with Crippen molar-refractivity contribution >= 4 is 5.84 Å². The maximum absolute atomic E-state index is 8.69. The number of rotatable bonds is 5. The highest BCUT2D eigenvalue weighted by Crippen LogP contribution is 2.13. The van der Waals surface area contributed by atoms with Crippen molar-refractivity contribution in [2.24, 2.45) is 10.9 Å². The van der Waals surface area contributed by atoms with E-state index in [0.717, 1.165) is 17.7 Å². The Hall–Kier alpha value is -2.33. The average Bonchev–Trinajstić information content (AvgIpc) is 2.53. The summed E-state index contributed by atoms with van der Waals surface area (Å²) in [4.78, 5) is 0. The normalized spacial score (nSPS) is 13.2. The second-order valence-corrected chi connectivity index (χ2v) is 4.70. The standard InChI is InChI=1S/C16H19N3O/c1-12(14-7-3-2-4-8-14)18-11-13-6-5-9-15(10-13)16(17)19-20/h2-10,12,18,20H,11H2,1H3,(H2,17,19). The van der Waals surface area contributed by atoms with Crippen molar-refractivity contribution in [2.45, 2.75) is 19.5 Å². The topological polar surface area (TPSA) is 70.6 Å². The Bertz CT molecular complexity index is 581. The van der Waals surface area contributed by atoms with Gasteiger partial charge in [0.05, 0.1) is 0 Å². The summed E-state index contributed by atoms with van der Waals surface area (Å²) in [7, 11) is 0. The molecule has 0 heterocycles. The average molecular weight is 269 g/mol. The van der Waals surface area contributed by atoms with Crippen molar-refractivity contribution in [3.8, 4) is 0 Å². The van der Waals surface area contributed by atoms with Gasteiger partial charge in [0.1, 0.15) is 0 Å². The Kier molecular flexibility index (Phi) is 4.74. The van der Waals surface area contributed by atoms with Gasteiger partial charge in [0, 0.05) is 18.2 Å². The van der Waals surface area contributed by atoms with Crippen molar-refractivity contribution in [3.05, 3.63) is 71.3 Å². The van der Waals surface area contributed by atoms with Crippen LogP contribution in [0.3, 0.4) is 0 Å². The lowest BCUT2D eigenvalue weighted by Gasteiger charge is -2.14. The minimum absolute atomic E-state index is 0.128. The minimum Gasteiger partial charge on any atom is -0.409 e. The molecule has 2 rings (SSSR count). The van der Waals surface area contributed by atoms with Gasteiger partial charge >= 0.3 is 0 Å². The zero-order valence-electron chi connectivity index (χ0n) is 11.5. The molecule has 2 aromatic carbocycles. The molecule has 4 heteroatoms. The van der Waals surface area contributed by atoms with Gasteiger partial charge in [-0.05, 0) is 24.1 Å². The van der Waals surface area contributed by atoms with Gasteiger partial charge in [0.15, 0.2) is 5.84 Å². The third-order valence-electron chi connectivity index (χ3n) is 3.24. The molecule has 0 aromatic heterocycles. The highest BCUT2D eigenvalue weighted by molar-refractivity contribution is 5.97. The van der Waals surface area contributed by atoms with E-state index in [1.54, 1.807) is 0 Å². The number of nitrogens with one attached hydrogen (secondary N) is 1. The molecular formula is C16H19N3O. The van der Waals surface area contributed by atoms with E-state index in [1.165, 1.54) is 5.56 Å². The van der Waals surface area contributed by atoms with E-state index in [9.17, 15) is 0 Å². The van der Waals surface area contributed by atoms with Crippen molar-refractivity contribution in [2.75, 3.05) is 0 Å². The van der Waals surface area contributed by atoms with E-state index in [2.05, 4.69) is 29.5 Å². The highest BCUT2D eigenvalue weighted by Gasteiger charge is 2.05. The van der Waals surface area contributed by atoms with Crippen LogP contribution >= 0.6 is 0 Å². The molecule has 0 saturated carbocycles. The fourth-order valence-electron chi connectivity index (χ4n) is 2.03. The zero-order valence-corrected chi connectivity index (χ0v) is 11.5. The Morgan fingerprint density at radius 3 is 2.65 bits per heavy atom. The van der Waals surface area contributed by atoms with Crippen molar-refractivity contribution in [1.82, 2.24) is 5.32 Å². The summed E-state index contributed by atoms with van der Waals surface area (Å²) in [6, 6.07) is 18.2. The number of nitrogens with two attached hydrogens (primary N) is 1. The van der Waals surface area contributed by atoms with E-state index in [1.807, 2.05) is 42.5 Å². The first-order chi connectivity index (χ1) is 9.70. The molecule has 104 valence electrons. The summed E-state index contributed by atoms with van der Waals surface area (Å²) in [6.45, 7) is 2.85. The van der Waals surface area contributed by atoms with Crippen LogP contribution in [0.5, 0.6) is 0 Å². The van der Waals surface area contributed by atoms with Gasteiger partial charge in [-0.25, -0.2) is 0 Å². The molecule has 0 aliphatic carbocycles. The molecule has 2 aromatic rings. The van der Waals surface area contributed by atoms with Crippen molar-refractivity contribution in [3.63, 3.8) is 0 Å². The predicted molar refractivity (Wildman–Crippen MR) is 80.6 cm³/mol. The number of benzene rings is 2. The largest absolute Gasteiger partial charge is 0.409 e. The molecule has 4 N–H and O–H groups in total. The van der Waals surface area contributed by atoms with Crippen LogP contribution in [0.15, 0.2) is 59.8 Å². The molecule has 1 unspecified atom stereocenters. The maximum atomic E-state index is 8.69. The van der Waals surface area contributed by atoms with Crippen LogP contribution in [-0.2, 0) is 6.54 Å². The Morgan fingerprint density at radius 1 is 1.20 bits per heavy atom. The quantitative estimate of drug-likeness (QED) is 0.338. The number of amidine groups is 1. The minimum atomic E-state index is 0.128. The molecular weight excluding hydrogens is 250 g/mol. The van der Waals surface area contributed by atoms with Gasteiger partial charge in [-0.2, -0.15) is 0 Å². The van der Waals surface area contributed by atoms with E-state index < -0.39 is 0 Å². The third-order valence-corrected chi connectivity index (χ3v) is 3.24. The van der Waals surface area contributed by atoms with Gasteiger partial charge < -0.3 is 16.3 Å². The van der Waals surface area contributed by atoms with Crippen LogP contribution in [0.2, 0.25) is 0 Å². The lowest BCUT2D eigenvalue weighted by atomic mass is 10.1. The summed E-state index contributed by atoms with van der Waals surface area (Å²) in [5.74, 6) is 0.128. The van der Waals surface area contributed by atoms with Crippen LogP contribution in [0.4, 0.5) is 0 Å². The summed E-state index contributed by atoms with van der Waals surface area (Å²) in [6.07, 6.45) is 0. The van der Waals surface area contributed by atoms with Gasteiger partial charge in [-0.1, -0.05) is 53.7 Å². The maximum Gasteiger partial charge on any atom is 0.170 e. The molecule has 0 bridgehead atoms. The van der Waals surface area contributed by atoms with Crippen LogP contribution in [0.25, 0.3) is 0 Å². The summed E-state index contributed by atoms with van der Waals surface area (Å²) in [5, 5.41) is 15.2. The highest BCUT2D eigenvalue weighted by atomic mass is 16.4. The second kappa shape index (κ2) is 6.73. The number of nitrogens with zero attached hydrogens (tertiary/aromatic N) is 1. The van der Waals surface area contributed by atoms with Crippen LogP contribution in [0.1, 0.15) is 29.7 Å². The number of hydrogen-bond donors (Lipinski definition) is 3. The molecule has 0 radical (unpaired) electrons. The first kappa shape index (κ1) is 14.1. The first-order valence-corrected chi connectivity index (χ1v) is 6.56. The smallest absolute Gasteiger partial charge is 0.170 e. The van der Waals surface area contributed by atoms with Gasteiger partial charge in [-0.15, -0.1) is 0 Å². The van der Waals surface area contributed by atoms with E-state index in [0.29, 0.717) is 0 Å². The van der Waals surface area contributed by atoms with Crippen LogP contribution < -0.4 is 11.1 Å². The second-order valence-electron chi connectivity index (χ2n) is 4.70. The Labute approximate surface area is 118 Å². The monoisotopic (exact) mass is 269 g/mol. The first-order valence-electron chi connectivity index (χ1n) is 6.56. The molecule has 1 atom stereocenters. The van der Waals surface area contributed by atoms with Gasteiger partial charge in [-0.3, -0.25) is 0 Å². The van der Waals surface area contributed by atoms with Crippen molar-refractivity contribution in [1.29, 1.82) is 0 Å². The van der Waals surface area contributed by atoms with Crippen LogP contribution in [-0.4, -0.2) is 11.0 Å². The molecule has 0 aliphatic heterocycles. The predicted octanol–water partition coefficient (Wildman–Crippen LogP) is 2.63. The fraction of sp³-hybridized carbons (Fsp3) is 0.188. The van der Waals surface area contributed by atoms with E-state index in [-0.39, 0.29) is 11.9 Å². The Morgan fingerprint density at radius 2 is 1.95 bits per heavy atom. The van der Waals surface area contributed by atoms with Crippen LogP contribution in [0, 0.1) is 0 Å². The van der Waals surface area contributed by atoms with Crippen molar-refractivity contribution < 1.29 is 5.21 Å². The van der Waals surface area contributed by atoms with E-state index >= 15 is 0 Å². The SMILES string of the molecule is CC(NCc1cccc(C(N)=NO)c1)c1ccccc1. The molecule has 4 nitrogen and oxygen atoms in total. The molecule has 0 saturated heterocycles. The molecule has 0 fully saturated rings. The van der Waals surface area contributed by atoms with Gasteiger partial charge in [0.2, 0.25) is 0 Å². The molecule has 20 heavy (non-hydrogen) atoms. The summed E-state index contributed by atoms with van der Waals surface area (Å²) >= 11 is 0. The number of hydrogen-bond acceptors (Lipinski definition) is 3. The lowest BCUT2D eigenvalue weighted by Crippen LogP contribution is -2.19.